The van der Waals surface area contributed by atoms with Crippen molar-refractivity contribution in [2.24, 2.45) is 0 Å². The van der Waals surface area contributed by atoms with Crippen LogP contribution in [0.2, 0.25) is 0 Å². The zero-order valence-corrected chi connectivity index (χ0v) is 8.58. The van der Waals surface area contributed by atoms with Crippen LogP contribution >= 0.6 is 0 Å². The van der Waals surface area contributed by atoms with E-state index in [1.807, 2.05) is 0 Å². The second-order valence-corrected chi connectivity index (χ2v) is 3.36. The van der Waals surface area contributed by atoms with Crippen LogP contribution in [0.5, 0.6) is 0 Å². The topological polar surface area (TPSA) is 75.1 Å². The van der Waals surface area contributed by atoms with Gasteiger partial charge in [0.15, 0.2) is 17.5 Å². The number of nitrogens with one attached hydrogen (secondary N) is 1. The number of hydrogen-bond donors (Lipinski definition) is 2. The van der Waals surface area contributed by atoms with E-state index in [0.29, 0.717) is 16.8 Å². The standard InChI is InChI=1S/C10H5F3N2O3/c11-6-1-4(2-7(12)8(6)13)15-9(16)5(3-14-15)10(17)18/h1-3,14H,(H,17,18). The van der Waals surface area contributed by atoms with Crippen molar-refractivity contribution in [3.8, 4) is 5.69 Å². The van der Waals surface area contributed by atoms with Gasteiger partial charge in [0.05, 0.1) is 5.69 Å². The molecule has 94 valence electrons. The van der Waals surface area contributed by atoms with Crippen molar-refractivity contribution in [1.82, 2.24) is 9.78 Å². The van der Waals surface area contributed by atoms with Crippen LogP contribution < -0.4 is 5.56 Å². The Bertz CT molecular complexity index is 667. The molecule has 0 saturated heterocycles. The number of aromatic carboxylic acids is 1. The average Bonchev–Trinajstić information content (AvgIpc) is 2.67. The van der Waals surface area contributed by atoms with Crippen LogP contribution in [0, 0.1) is 17.5 Å². The van der Waals surface area contributed by atoms with Gasteiger partial charge < -0.3 is 5.11 Å². The van der Waals surface area contributed by atoms with E-state index in [-0.39, 0.29) is 5.69 Å². The van der Waals surface area contributed by atoms with Gasteiger partial charge in [0.1, 0.15) is 5.56 Å². The number of carboxylic acids is 1. The van der Waals surface area contributed by atoms with Gasteiger partial charge in [-0.1, -0.05) is 0 Å². The van der Waals surface area contributed by atoms with Crippen LogP contribution in [0.3, 0.4) is 0 Å². The molecule has 2 rings (SSSR count). The number of rotatable bonds is 2. The van der Waals surface area contributed by atoms with E-state index >= 15 is 0 Å². The van der Waals surface area contributed by atoms with Gasteiger partial charge in [-0.25, -0.2) is 22.6 Å². The SMILES string of the molecule is O=C(O)c1c[nH]n(-c2cc(F)c(F)c(F)c2)c1=O. The quantitative estimate of drug-likeness (QED) is 0.797. The first-order valence-corrected chi connectivity index (χ1v) is 4.60. The first-order chi connectivity index (χ1) is 8.41. The normalized spacial score (nSPS) is 10.6. The Morgan fingerprint density at radius 2 is 1.78 bits per heavy atom. The number of benzene rings is 1. The maximum atomic E-state index is 13.0. The third-order valence-corrected chi connectivity index (χ3v) is 2.23. The molecule has 2 N–H and O–H groups in total. The Morgan fingerprint density at radius 1 is 1.22 bits per heavy atom. The summed E-state index contributed by atoms with van der Waals surface area (Å²) in [5.74, 6) is -6.12. The molecule has 0 unspecified atom stereocenters. The summed E-state index contributed by atoms with van der Waals surface area (Å²) in [5, 5.41) is 10.9. The highest BCUT2D eigenvalue weighted by Gasteiger charge is 2.17. The largest absolute Gasteiger partial charge is 0.477 e. The number of carboxylic acid groups (broad SMARTS) is 1. The fourth-order valence-electron chi connectivity index (χ4n) is 1.39. The third-order valence-electron chi connectivity index (χ3n) is 2.23. The maximum Gasteiger partial charge on any atom is 0.342 e. The Balaban J connectivity index is 2.63. The molecule has 1 heterocycles. The number of nitrogens with zero attached hydrogens (tertiary/aromatic N) is 1. The Kier molecular flexibility index (Phi) is 2.70. The lowest BCUT2D eigenvalue weighted by molar-refractivity contribution is 0.0695. The molecule has 2 aromatic rings. The minimum atomic E-state index is -1.67. The van der Waals surface area contributed by atoms with Crippen molar-refractivity contribution in [2.75, 3.05) is 0 Å². The van der Waals surface area contributed by atoms with Crippen LogP contribution in [0.15, 0.2) is 23.1 Å². The van der Waals surface area contributed by atoms with Gasteiger partial charge in [0.2, 0.25) is 0 Å². The molecule has 5 nitrogen and oxygen atoms in total. The van der Waals surface area contributed by atoms with E-state index in [0.717, 1.165) is 6.20 Å². The number of H-pyrrole nitrogens is 1. The van der Waals surface area contributed by atoms with Crippen molar-refractivity contribution in [3.63, 3.8) is 0 Å². The first kappa shape index (κ1) is 12.0. The summed E-state index contributed by atoms with van der Waals surface area (Å²) in [4.78, 5) is 22.1. The van der Waals surface area contributed by atoms with E-state index in [2.05, 4.69) is 5.10 Å². The zero-order valence-electron chi connectivity index (χ0n) is 8.58. The van der Waals surface area contributed by atoms with E-state index in [4.69, 9.17) is 5.11 Å². The minimum Gasteiger partial charge on any atom is -0.477 e. The number of carbonyl (C=O) groups is 1. The zero-order chi connectivity index (χ0) is 13.4. The molecule has 0 radical (unpaired) electrons. The molecule has 0 bridgehead atoms. The van der Waals surface area contributed by atoms with Crippen molar-refractivity contribution >= 4 is 5.97 Å². The monoisotopic (exact) mass is 258 g/mol. The van der Waals surface area contributed by atoms with E-state index in [1.54, 1.807) is 0 Å². The molecule has 1 aromatic carbocycles. The van der Waals surface area contributed by atoms with Crippen LogP contribution in [-0.4, -0.2) is 20.9 Å². The molecule has 0 spiro atoms. The van der Waals surface area contributed by atoms with Gasteiger partial charge in [-0.05, 0) is 0 Å². The number of halogens is 3. The predicted molar refractivity (Wildman–Crippen MR) is 53.2 cm³/mol. The summed E-state index contributed by atoms with van der Waals surface area (Å²) in [5.41, 5.74) is -1.95. The van der Waals surface area contributed by atoms with Gasteiger partial charge in [0, 0.05) is 18.3 Å². The van der Waals surface area contributed by atoms with Gasteiger partial charge in [-0.3, -0.25) is 9.89 Å². The van der Waals surface area contributed by atoms with Gasteiger partial charge in [0.25, 0.3) is 5.56 Å². The van der Waals surface area contributed by atoms with E-state index in [1.165, 1.54) is 0 Å². The molecular formula is C10H5F3N2O3. The Labute approximate surface area is 97.1 Å². The highest BCUT2D eigenvalue weighted by atomic mass is 19.2. The van der Waals surface area contributed by atoms with Gasteiger partial charge in [-0.2, -0.15) is 0 Å². The molecule has 0 aliphatic rings. The maximum absolute atomic E-state index is 13.0. The molecule has 8 heteroatoms. The molecule has 1 aromatic heterocycles. The van der Waals surface area contributed by atoms with Gasteiger partial charge >= 0.3 is 5.97 Å². The molecular weight excluding hydrogens is 253 g/mol. The van der Waals surface area contributed by atoms with Crippen molar-refractivity contribution in [2.45, 2.75) is 0 Å². The number of hydrogen-bond acceptors (Lipinski definition) is 2. The van der Waals surface area contributed by atoms with Gasteiger partial charge in [-0.15, -0.1) is 0 Å². The average molecular weight is 258 g/mol. The predicted octanol–water partition coefficient (Wildman–Crippen LogP) is 1.28. The second-order valence-electron chi connectivity index (χ2n) is 3.36. The van der Waals surface area contributed by atoms with Crippen LogP contribution in [0.25, 0.3) is 5.69 Å². The molecule has 0 atom stereocenters. The second kappa shape index (κ2) is 4.06. The van der Waals surface area contributed by atoms with Crippen molar-refractivity contribution < 1.29 is 23.1 Å². The Hall–Kier alpha value is -2.51. The van der Waals surface area contributed by atoms with Crippen LogP contribution in [0.1, 0.15) is 10.4 Å². The summed E-state index contributed by atoms with van der Waals surface area (Å²) in [6.45, 7) is 0. The fourth-order valence-corrected chi connectivity index (χ4v) is 1.39. The molecule has 0 aliphatic carbocycles. The summed E-state index contributed by atoms with van der Waals surface area (Å²) >= 11 is 0. The smallest absolute Gasteiger partial charge is 0.342 e. The number of aromatic nitrogens is 2. The summed E-state index contributed by atoms with van der Waals surface area (Å²) < 4.78 is 39.2. The lowest BCUT2D eigenvalue weighted by atomic mass is 10.3. The third kappa shape index (κ3) is 1.77. The highest BCUT2D eigenvalue weighted by molar-refractivity contribution is 5.86. The highest BCUT2D eigenvalue weighted by Crippen LogP contribution is 2.15. The molecule has 0 amide bonds. The molecule has 0 saturated carbocycles. The van der Waals surface area contributed by atoms with E-state index in [9.17, 15) is 22.8 Å². The molecule has 18 heavy (non-hydrogen) atoms. The molecule has 0 fully saturated rings. The lowest BCUT2D eigenvalue weighted by Crippen LogP contribution is -2.20. The van der Waals surface area contributed by atoms with Crippen molar-refractivity contribution in [1.29, 1.82) is 0 Å². The lowest BCUT2D eigenvalue weighted by Gasteiger charge is -2.02. The Morgan fingerprint density at radius 3 is 2.22 bits per heavy atom. The summed E-state index contributed by atoms with van der Waals surface area (Å²) in [6.07, 6.45) is 0.865. The summed E-state index contributed by atoms with van der Waals surface area (Å²) in [7, 11) is 0. The fraction of sp³-hybridized carbons (Fsp3) is 0. The number of aromatic amines is 1. The first-order valence-electron chi connectivity index (χ1n) is 4.60. The van der Waals surface area contributed by atoms with Crippen LogP contribution in [0.4, 0.5) is 13.2 Å². The van der Waals surface area contributed by atoms with Crippen molar-refractivity contribution in [3.05, 3.63) is 51.7 Å². The van der Waals surface area contributed by atoms with E-state index < -0.39 is 34.5 Å². The van der Waals surface area contributed by atoms with Crippen LogP contribution in [-0.2, 0) is 0 Å². The minimum absolute atomic E-state index is 0.344. The molecule has 0 aliphatic heterocycles. The summed E-state index contributed by atoms with van der Waals surface area (Å²) in [6, 6.07) is 1.14.